The number of esters is 1. The number of cyclic esters (lactones) is 1. The van der Waals surface area contributed by atoms with Gasteiger partial charge in [0, 0.05) is 29.4 Å². The third kappa shape index (κ3) is 2.17. The first kappa shape index (κ1) is 13.6. The van der Waals surface area contributed by atoms with Gasteiger partial charge in [-0.1, -0.05) is 17.7 Å². The summed E-state index contributed by atoms with van der Waals surface area (Å²) in [6.45, 7) is 3.71. The van der Waals surface area contributed by atoms with Crippen molar-refractivity contribution in [3.8, 4) is 0 Å². The predicted molar refractivity (Wildman–Crippen MR) is 86.5 cm³/mol. The Morgan fingerprint density at radius 1 is 1.18 bits per heavy atom. The van der Waals surface area contributed by atoms with Crippen LogP contribution in [-0.4, -0.2) is 12.5 Å². The van der Waals surface area contributed by atoms with Crippen LogP contribution in [-0.2, 0) is 17.7 Å². The molecule has 0 saturated carbocycles. The van der Waals surface area contributed by atoms with Gasteiger partial charge in [0.05, 0.1) is 5.56 Å². The van der Waals surface area contributed by atoms with Crippen LogP contribution in [0.3, 0.4) is 0 Å². The molecule has 22 heavy (non-hydrogen) atoms. The number of carbonyl (C=O) groups excluding carboxylic acids is 1. The van der Waals surface area contributed by atoms with Gasteiger partial charge in [-0.2, -0.15) is 0 Å². The van der Waals surface area contributed by atoms with Gasteiger partial charge in [-0.05, 0) is 54.8 Å². The number of carbonyl (C=O) groups is 1. The Kier molecular flexibility index (Phi) is 3.12. The van der Waals surface area contributed by atoms with E-state index in [0.29, 0.717) is 0 Å². The molecule has 112 valence electrons. The predicted octanol–water partition coefficient (Wildman–Crippen LogP) is 4.13. The van der Waals surface area contributed by atoms with E-state index in [-0.39, 0.29) is 12.1 Å². The van der Waals surface area contributed by atoms with E-state index in [1.807, 2.05) is 37.3 Å². The van der Waals surface area contributed by atoms with Crippen molar-refractivity contribution in [3.05, 3.63) is 63.7 Å². The van der Waals surface area contributed by atoms with E-state index in [1.165, 1.54) is 11.1 Å². The molecule has 3 nitrogen and oxygen atoms in total. The largest absolute Gasteiger partial charge is 0.454 e. The van der Waals surface area contributed by atoms with E-state index in [9.17, 15) is 4.79 Å². The number of nitrogens with zero attached hydrogens (tertiary/aromatic N) is 1. The van der Waals surface area contributed by atoms with Crippen LogP contribution in [0.5, 0.6) is 0 Å². The van der Waals surface area contributed by atoms with E-state index in [4.69, 9.17) is 16.3 Å². The first-order chi connectivity index (χ1) is 10.6. The standard InChI is InChI=1S/C18H16ClNO2/c1-11-16-8-12-6-7-20(15-4-2-14(19)3-5-15)10-13(12)9-17(16)18(21)22-11/h2-5,8-9,11H,6-7,10H2,1H3. The molecular formula is C18H16ClNO2. The number of rotatable bonds is 1. The molecule has 0 aromatic heterocycles. The number of anilines is 1. The topological polar surface area (TPSA) is 29.5 Å². The highest BCUT2D eigenvalue weighted by Gasteiger charge is 2.30. The second kappa shape index (κ2) is 5.03. The summed E-state index contributed by atoms with van der Waals surface area (Å²) in [4.78, 5) is 14.2. The zero-order chi connectivity index (χ0) is 15.3. The summed E-state index contributed by atoms with van der Waals surface area (Å²) in [6.07, 6.45) is 0.855. The SMILES string of the molecule is CC1OC(=O)c2cc3c(cc21)CCN(c1ccc(Cl)cc1)C3. The summed E-state index contributed by atoms with van der Waals surface area (Å²) in [5.41, 5.74) is 5.46. The van der Waals surface area contributed by atoms with Crippen LogP contribution in [0.2, 0.25) is 5.02 Å². The van der Waals surface area contributed by atoms with Gasteiger partial charge in [0.2, 0.25) is 0 Å². The lowest BCUT2D eigenvalue weighted by Gasteiger charge is -2.31. The van der Waals surface area contributed by atoms with Gasteiger partial charge in [0.1, 0.15) is 6.10 Å². The molecule has 1 atom stereocenters. The molecule has 2 aliphatic heterocycles. The van der Waals surface area contributed by atoms with E-state index >= 15 is 0 Å². The Hall–Kier alpha value is -2.00. The molecule has 0 spiro atoms. The van der Waals surface area contributed by atoms with Crippen LogP contribution < -0.4 is 4.90 Å². The zero-order valence-electron chi connectivity index (χ0n) is 12.3. The molecule has 2 aromatic carbocycles. The lowest BCUT2D eigenvalue weighted by Crippen LogP contribution is -2.30. The molecule has 0 fully saturated rings. The molecule has 0 N–H and O–H groups in total. The quantitative estimate of drug-likeness (QED) is 0.741. The third-order valence-corrected chi connectivity index (χ3v) is 4.77. The first-order valence-corrected chi connectivity index (χ1v) is 7.87. The van der Waals surface area contributed by atoms with Crippen molar-refractivity contribution < 1.29 is 9.53 Å². The molecule has 0 amide bonds. The minimum Gasteiger partial charge on any atom is -0.454 e. The molecule has 2 aromatic rings. The lowest BCUT2D eigenvalue weighted by molar-refractivity contribution is 0.0422. The number of benzene rings is 2. The second-order valence-electron chi connectivity index (χ2n) is 5.90. The van der Waals surface area contributed by atoms with Gasteiger partial charge in [-0.3, -0.25) is 0 Å². The summed E-state index contributed by atoms with van der Waals surface area (Å²) in [5, 5.41) is 0.746. The van der Waals surface area contributed by atoms with Crippen LogP contribution in [0.1, 0.15) is 40.1 Å². The molecule has 2 heterocycles. The Morgan fingerprint density at radius 2 is 1.95 bits per heavy atom. The summed E-state index contributed by atoms with van der Waals surface area (Å²) in [5.74, 6) is -0.200. The Balaban J connectivity index is 1.68. The van der Waals surface area contributed by atoms with Gasteiger partial charge in [-0.25, -0.2) is 4.79 Å². The van der Waals surface area contributed by atoms with Gasteiger partial charge in [0.15, 0.2) is 0 Å². The maximum Gasteiger partial charge on any atom is 0.339 e. The molecule has 2 aliphatic rings. The van der Waals surface area contributed by atoms with Crippen molar-refractivity contribution in [2.75, 3.05) is 11.4 Å². The molecule has 0 radical (unpaired) electrons. The van der Waals surface area contributed by atoms with E-state index < -0.39 is 0 Å². The maximum absolute atomic E-state index is 11.9. The fraction of sp³-hybridized carbons (Fsp3) is 0.278. The van der Waals surface area contributed by atoms with Gasteiger partial charge in [0.25, 0.3) is 0 Å². The molecule has 0 saturated heterocycles. The van der Waals surface area contributed by atoms with Gasteiger partial charge in [-0.15, -0.1) is 0 Å². The Morgan fingerprint density at radius 3 is 2.73 bits per heavy atom. The molecule has 0 bridgehead atoms. The Labute approximate surface area is 134 Å². The number of fused-ring (bicyclic) bond motifs is 2. The average molecular weight is 314 g/mol. The normalized spacial score (nSPS) is 19.6. The van der Waals surface area contributed by atoms with Crippen LogP contribution in [0, 0.1) is 0 Å². The smallest absolute Gasteiger partial charge is 0.339 e. The van der Waals surface area contributed by atoms with E-state index in [1.54, 1.807) is 0 Å². The molecule has 4 heteroatoms. The van der Waals surface area contributed by atoms with Crippen molar-refractivity contribution in [3.63, 3.8) is 0 Å². The van der Waals surface area contributed by atoms with E-state index in [2.05, 4.69) is 11.0 Å². The lowest BCUT2D eigenvalue weighted by atomic mass is 9.92. The zero-order valence-corrected chi connectivity index (χ0v) is 13.1. The fourth-order valence-corrected chi connectivity index (χ4v) is 3.43. The molecule has 4 rings (SSSR count). The van der Waals surface area contributed by atoms with Crippen LogP contribution in [0.4, 0.5) is 5.69 Å². The third-order valence-electron chi connectivity index (χ3n) is 4.52. The number of halogens is 1. The summed E-state index contributed by atoms with van der Waals surface area (Å²) < 4.78 is 5.31. The molecule has 0 aliphatic carbocycles. The minimum atomic E-state index is -0.200. The summed E-state index contributed by atoms with van der Waals surface area (Å²) in [6, 6.07) is 12.1. The highest BCUT2D eigenvalue weighted by Crippen LogP contribution is 2.35. The summed E-state index contributed by atoms with van der Waals surface area (Å²) in [7, 11) is 0. The van der Waals surface area contributed by atoms with Gasteiger partial charge >= 0.3 is 5.97 Å². The van der Waals surface area contributed by atoms with Crippen molar-refractivity contribution in [1.82, 2.24) is 0 Å². The van der Waals surface area contributed by atoms with Crippen molar-refractivity contribution in [2.24, 2.45) is 0 Å². The van der Waals surface area contributed by atoms with Crippen LogP contribution >= 0.6 is 11.6 Å². The van der Waals surface area contributed by atoms with Gasteiger partial charge < -0.3 is 9.64 Å². The minimum absolute atomic E-state index is 0.123. The van der Waals surface area contributed by atoms with Crippen molar-refractivity contribution in [1.29, 1.82) is 0 Å². The number of ether oxygens (including phenoxy) is 1. The van der Waals surface area contributed by atoms with Crippen molar-refractivity contribution in [2.45, 2.75) is 26.0 Å². The summed E-state index contributed by atoms with van der Waals surface area (Å²) >= 11 is 5.96. The number of hydrogen-bond acceptors (Lipinski definition) is 3. The highest BCUT2D eigenvalue weighted by atomic mass is 35.5. The van der Waals surface area contributed by atoms with Crippen molar-refractivity contribution >= 4 is 23.3 Å². The molecular weight excluding hydrogens is 298 g/mol. The second-order valence-corrected chi connectivity index (χ2v) is 6.34. The highest BCUT2D eigenvalue weighted by molar-refractivity contribution is 6.30. The Bertz CT molecular complexity index is 754. The first-order valence-electron chi connectivity index (χ1n) is 7.49. The fourth-order valence-electron chi connectivity index (χ4n) is 3.30. The van der Waals surface area contributed by atoms with E-state index in [0.717, 1.165) is 41.3 Å². The number of hydrogen-bond donors (Lipinski definition) is 0. The molecule has 1 unspecified atom stereocenters. The van der Waals surface area contributed by atoms with Crippen LogP contribution in [0.15, 0.2) is 36.4 Å². The average Bonchev–Trinajstić information content (AvgIpc) is 2.80. The monoisotopic (exact) mass is 313 g/mol. The maximum atomic E-state index is 11.9. The van der Waals surface area contributed by atoms with Crippen LogP contribution in [0.25, 0.3) is 0 Å².